The fourth-order valence-electron chi connectivity index (χ4n) is 2.85. The topological polar surface area (TPSA) is 24.9 Å². The molecular formula is C14H22N2. The highest BCUT2D eigenvalue weighted by Gasteiger charge is 2.25. The van der Waals surface area contributed by atoms with Crippen molar-refractivity contribution >= 4 is 0 Å². The molecule has 2 rings (SSSR count). The van der Waals surface area contributed by atoms with Gasteiger partial charge in [-0.15, -0.1) is 0 Å². The van der Waals surface area contributed by atoms with Crippen molar-refractivity contribution in [1.82, 2.24) is 10.3 Å². The Hall–Kier alpha value is -0.890. The second-order valence-electron chi connectivity index (χ2n) is 4.94. The zero-order valence-corrected chi connectivity index (χ0v) is 10.4. The predicted octanol–water partition coefficient (Wildman–Crippen LogP) is 2.88. The van der Waals surface area contributed by atoms with Gasteiger partial charge in [0.2, 0.25) is 0 Å². The largest absolute Gasteiger partial charge is 0.319 e. The first-order chi connectivity index (χ1) is 7.81. The lowest BCUT2D eigenvalue weighted by atomic mass is 9.76. The Balaban J connectivity index is 2.13. The van der Waals surface area contributed by atoms with Gasteiger partial charge in [0.15, 0.2) is 0 Å². The van der Waals surface area contributed by atoms with Crippen molar-refractivity contribution in [2.24, 2.45) is 5.92 Å². The number of pyridine rings is 1. The number of nitrogens with zero attached hydrogens (tertiary/aromatic N) is 1. The van der Waals surface area contributed by atoms with E-state index in [0.717, 1.165) is 18.2 Å². The van der Waals surface area contributed by atoms with Crippen LogP contribution in [-0.4, -0.2) is 18.6 Å². The van der Waals surface area contributed by atoms with E-state index in [4.69, 9.17) is 0 Å². The average molecular weight is 218 g/mol. The molecule has 16 heavy (non-hydrogen) atoms. The van der Waals surface area contributed by atoms with Crippen LogP contribution in [0.4, 0.5) is 0 Å². The third kappa shape index (κ3) is 2.62. The molecule has 2 heteroatoms. The van der Waals surface area contributed by atoms with Crippen molar-refractivity contribution in [3.8, 4) is 0 Å². The van der Waals surface area contributed by atoms with Crippen molar-refractivity contribution in [1.29, 1.82) is 0 Å². The highest BCUT2D eigenvalue weighted by atomic mass is 14.8. The summed E-state index contributed by atoms with van der Waals surface area (Å²) in [7, 11) is 2.05. The van der Waals surface area contributed by atoms with Crippen LogP contribution in [0.2, 0.25) is 0 Å². The van der Waals surface area contributed by atoms with E-state index in [1.165, 1.54) is 31.2 Å². The smallest absolute Gasteiger partial charge is 0.0372 e. The van der Waals surface area contributed by atoms with Crippen LogP contribution in [0, 0.1) is 12.8 Å². The van der Waals surface area contributed by atoms with Gasteiger partial charge in [-0.25, -0.2) is 0 Å². The molecule has 1 saturated carbocycles. The van der Waals surface area contributed by atoms with Crippen LogP contribution in [0.3, 0.4) is 0 Å². The first-order valence-electron chi connectivity index (χ1n) is 6.38. The van der Waals surface area contributed by atoms with Gasteiger partial charge in [-0.2, -0.15) is 0 Å². The van der Waals surface area contributed by atoms with Gasteiger partial charge in [-0.3, -0.25) is 4.98 Å². The van der Waals surface area contributed by atoms with Gasteiger partial charge < -0.3 is 5.32 Å². The molecule has 0 bridgehead atoms. The highest BCUT2D eigenvalue weighted by Crippen LogP contribution is 2.37. The molecular weight excluding hydrogens is 196 g/mol. The summed E-state index contributed by atoms with van der Waals surface area (Å²) in [5, 5.41) is 3.33. The van der Waals surface area contributed by atoms with E-state index >= 15 is 0 Å². The van der Waals surface area contributed by atoms with Crippen LogP contribution in [0.25, 0.3) is 0 Å². The van der Waals surface area contributed by atoms with Crippen molar-refractivity contribution in [2.45, 2.75) is 38.5 Å². The molecule has 0 radical (unpaired) electrons. The van der Waals surface area contributed by atoms with Gasteiger partial charge in [0, 0.05) is 11.9 Å². The van der Waals surface area contributed by atoms with Crippen LogP contribution < -0.4 is 5.32 Å². The molecule has 1 fully saturated rings. The quantitative estimate of drug-likeness (QED) is 0.844. The monoisotopic (exact) mass is 218 g/mol. The summed E-state index contributed by atoms with van der Waals surface area (Å²) in [4.78, 5) is 4.43. The normalized spacial score (nSPS) is 25.6. The summed E-state index contributed by atoms with van der Waals surface area (Å²) in [5.41, 5.74) is 2.55. The molecule has 2 atom stereocenters. The molecule has 2 unspecified atom stereocenters. The Morgan fingerprint density at radius 3 is 2.81 bits per heavy atom. The summed E-state index contributed by atoms with van der Waals surface area (Å²) < 4.78 is 0. The number of hydrogen-bond acceptors (Lipinski definition) is 2. The van der Waals surface area contributed by atoms with Gasteiger partial charge in [0.05, 0.1) is 0 Å². The maximum atomic E-state index is 4.43. The van der Waals surface area contributed by atoms with Crippen molar-refractivity contribution in [3.05, 3.63) is 29.6 Å². The molecule has 1 aromatic heterocycles. The molecule has 0 saturated heterocycles. The van der Waals surface area contributed by atoms with E-state index in [1.807, 2.05) is 0 Å². The molecule has 88 valence electrons. The Kier molecular flexibility index (Phi) is 3.94. The molecule has 1 aliphatic rings. The summed E-state index contributed by atoms with van der Waals surface area (Å²) >= 11 is 0. The van der Waals surface area contributed by atoms with Gasteiger partial charge in [0.1, 0.15) is 0 Å². The predicted molar refractivity (Wildman–Crippen MR) is 67.6 cm³/mol. The standard InChI is InChI=1S/C14H22N2/c1-11-7-8-13(10-16-11)14-6-4-3-5-12(14)9-15-2/h7-8,10,12,14-15H,3-6,9H2,1-2H3. The minimum atomic E-state index is 0.717. The maximum absolute atomic E-state index is 4.43. The van der Waals surface area contributed by atoms with Gasteiger partial charge >= 0.3 is 0 Å². The van der Waals surface area contributed by atoms with E-state index in [0.29, 0.717) is 5.92 Å². The maximum Gasteiger partial charge on any atom is 0.0372 e. The van der Waals surface area contributed by atoms with Gasteiger partial charge in [-0.05, 0) is 56.8 Å². The van der Waals surface area contributed by atoms with E-state index in [1.54, 1.807) is 0 Å². The van der Waals surface area contributed by atoms with E-state index in [-0.39, 0.29) is 0 Å². The van der Waals surface area contributed by atoms with Crippen molar-refractivity contribution < 1.29 is 0 Å². The first-order valence-corrected chi connectivity index (χ1v) is 6.38. The number of nitrogens with one attached hydrogen (secondary N) is 1. The number of aromatic nitrogens is 1. The van der Waals surface area contributed by atoms with E-state index in [2.05, 4.69) is 42.6 Å². The van der Waals surface area contributed by atoms with Gasteiger partial charge in [-0.1, -0.05) is 18.9 Å². The van der Waals surface area contributed by atoms with Gasteiger partial charge in [0.25, 0.3) is 0 Å². The number of rotatable bonds is 3. The lowest BCUT2D eigenvalue weighted by molar-refractivity contribution is 0.301. The Bertz CT molecular complexity index is 316. The first kappa shape index (κ1) is 11.6. The van der Waals surface area contributed by atoms with Crippen molar-refractivity contribution in [2.75, 3.05) is 13.6 Å². The molecule has 0 aromatic carbocycles. The summed E-state index contributed by atoms with van der Waals surface area (Å²) in [6.07, 6.45) is 7.53. The van der Waals surface area contributed by atoms with E-state index in [9.17, 15) is 0 Å². The average Bonchev–Trinajstić information content (AvgIpc) is 2.32. The van der Waals surface area contributed by atoms with E-state index < -0.39 is 0 Å². The minimum Gasteiger partial charge on any atom is -0.319 e. The molecule has 1 N–H and O–H groups in total. The Labute approximate surface area is 98.5 Å². The van der Waals surface area contributed by atoms with Crippen LogP contribution in [-0.2, 0) is 0 Å². The molecule has 1 aromatic rings. The second kappa shape index (κ2) is 5.44. The lowest BCUT2D eigenvalue weighted by Crippen LogP contribution is -2.27. The van der Waals surface area contributed by atoms with Crippen LogP contribution in [0.5, 0.6) is 0 Å². The second-order valence-corrected chi connectivity index (χ2v) is 4.94. The van der Waals surface area contributed by atoms with Crippen LogP contribution in [0.1, 0.15) is 42.9 Å². The zero-order valence-electron chi connectivity index (χ0n) is 10.4. The minimum absolute atomic E-state index is 0.717. The Morgan fingerprint density at radius 1 is 1.31 bits per heavy atom. The summed E-state index contributed by atoms with van der Waals surface area (Å²) in [6.45, 7) is 3.19. The van der Waals surface area contributed by atoms with Crippen LogP contribution >= 0.6 is 0 Å². The molecule has 1 aliphatic carbocycles. The molecule has 0 aliphatic heterocycles. The molecule has 0 amide bonds. The summed E-state index contributed by atoms with van der Waals surface area (Å²) in [5.74, 6) is 1.51. The fourth-order valence-corrected chi connectivity index (χ4v) is 2.85. The molecule has 2 nitrogen and oxygen atoms in total. The number of hydrogen-bond donors (Lipinski definition) is 1. The third-order valence-corrected chi connectivity index (χ3v) is 3.74. The summed E-state index contributed by atoms with van der Waals surface area (Å²) in [6, 6.07) is 4.40. The van der Waals surface area contributed by atoms with Crippen LogP contribution in [0.15, 0.2) is 18.3 Å². The third-order valence-electron chi connectivity index (χ3n) is 3.74. The highest BCUT2D eigenvalue weighted by molar-refractivity contribution is 5.19. The van der Waals surface area contributed by atoms with Crippen molar-refractivity contribution in [3.63, 3.8) is 0 Å². The lowest BCUT2D eigenvalue weighted by Gasteiger charge is -2.31. The molecule has 1 heterocycles. The zero-order chi connectivity index (χ0) is 11.4. The SMILES string of the molecule is CNCC1CCCCC1c1ccc(C)nc1. The fraction of sp³-hybridized carbons (Fsp3) is 0.643. The Morgan fingerprint density at radius 2 is 2.12 bits per heavy atom. The number of aryl methyl sites for hydroxylation is 1. The molecule has 0 spiro atoms.